The fraction of sp³-hybridized carbons (Fsp3) is 0.154. The molecular weight excluding hydrogens is 285 g/mol. The molecule has 0 bridgehead atoms. The molecule has 2 rings (SSSR count). The first kappa shape index (κ1) is 12.2. The summed E-state index contributed by atoms with van der Waals surface area (Å²) in [7, 11) is 0. The van der Waals surface area contributed by atoms with E-state index in [1.54, 1.807) is 36.5 Å². The summed E-state index contributed by atoms with van der Waals surface area (Å²) < 4.78 is 14.3. The topological polar surface area (TPSA) is 33.1 Å². The Bertz CT molecular complexity index is 504. The van der Waals surface area contributed by atoms with Crippen LogP contribution in [-0.4, -0.2) is 10.1 Å². The standard InChI is InChI=1S/C13H11BrFNO/c14-10-4-5-11(15)9(7-10)8-13(17)12-3-1-2-6-16-12/h1-7,13,17H,8H2. The van der Waals surface area contributed by atoms with E-state index in [9.17, 15) is 9.50 Å². The van der Waals surface area contributed by atoms with Gasteiger partial charge in [0.2, 0.25) is 0 Å². The molecule has 1 atom stereocenters. The molecular formula is C13H11BrFNO. The summed E-state index contributed by atoms with van der Waals surface area (Å²) in [6.45, 7) is 0. The van der Waals surface area contributed by atoms with Gasteiger partial charge in [-0.1, -0.05) is 22.0 Å². The Labute approximate surface area is 107 Å². The van der Waals surface area contributed by atoms with E-state index in [-0.39, 0.29) is 12.2 Å². The second-order valence-electron chi connectivity index (χ2n) is 3.71. The van der Waals surface area contributed by atoms with Gasteiger partial charge in [0, 0.05) is 17.1 Å². The Morgan fingerprint density at radius 1 is 1.29 bits per heavy atom. The van der Waals surface area contributed by atoms with Crippen LogP contribution in [-0.2, 0) is 6.42 Å². The van der Waals surface area contributed by atoms with Crippen LogP contribution in [0.3, 0.4) is 0 Å². The summed E-state index contributed by atoms with van der Waals surface area (Å²) in [6, 6.07) is 9.97. The van der Waals surface area contributed by atoms with E-state index in [1.807, 2.05) is 0 Å². The maximum Gasteiger partial charge on any atom is 0.126 e. The summed E-state index contributed by atoms with van der Waals surface area (Å²) in [5.74, 6) is -0.316. The summed E-state index contributed by atoms with van der Waals surface area (Å²) in [6.07, 6.45) is 1.03. The van der Waals surface area contributed by atoms with Crippen molar-refractivity contribution in [1.29, 1.82) is 0 Å². The van der Waals surface area contributed by atoms with Crippen molar-refractivity contribution in [3.8, 4) is 0 Å². The highest BCUT2D eigenvalue weighted by Gasteiger charge is 2.12. The number of nitrogens with zero attached hydrogens (tertiary/aromatic N) is 1. The van der Waals surface area contributed by atoms with Gasteiger partial charge in [0.15, 0.2) is 0 Å². The zero-order chi connectivity index (χ0) is 12.3. The average molecular weight is 296 g/mol. The Hall–Kier alpha value is -1.26. The monoisotopic (exact) mass is 295 g/mol. The molecule has 0 spiro atoms. The quantitative estimate of drug-likeness (QED) is 0.943. The van der Waals surface area contributed by atoms with E-state index in [2.05, 4.69) is 20.9 Å². The summed E-state index contributed by atoms with van der Waals surface area (Å²) >= 11 is 3.28. The lowest BCUT2D eigenvalue weighted by Crippen LogP contribution is -2.05. The van der Waals surface area contributed by atoms with Crippen molar-refractivity contribution in [3.63, 3.8) is 0 Å². The molecule has 2 aromatic rings. The van der Waals surface area contributed by atoms with Crippen LogP contribution in [0.15, 0.2) is 47.1 Å². The van der Waals surface area contributed by atoms with Crippen LogP contribution >= 0.6 is 15.9 Å². The molecule has 88 valence electrons. The van der Waals surface area contributed by atoms with Crippen LogP contribution < -0.4 is 0 Å². The Morgan fingerprint density at radius 3 is 2.82 bits per heavy atom. The molecule has 1 heterocycles. The number of aliphatic hydroxyl groups excluding tert-OH is 1. The summed E-state index contributed by atoms with van der Waals surface area (Å²) in [5, 5.41) is 9.94. The third-order valence-electron chi connectivity index (χ3n) is 2.45. The van der Waals surface area contributed by atoms with Gasteiger partial charge in [-0.2, -0.15) is 0 Å². The molecule has 1 aromatic heterocycles. The molecule has 0 aliphatic carbocycles. The van der Waals surface area contributed by atoms with Gasteiger partial charge in [-0.05, 0) is 35.9 Å². The Kier molecular flexibility index (Phi) is 3.86. The minimum absolute atomic E-state index is 0.211. The van der Waals surface area contributed by atoms with Crippen LogP contribution in [0.1, 0.15) is 17.4 Å². The second kappa shape index (κ2) is 5.38. The molecule has 1 aromatic carbocycles. The number of hydrogen-bond acceptors (Lipinski definition) is 2. The molecule has 1 N–H and O–H groups in total. The van der Waals surface area contributed by atoms with Crippen molar-refractivity contribution in [2.75, 3.05) is 0 Å². The predicted molar refractivity (Wildman–Crippen MR) is 67.0 cm³/mol. The summed E-state index contributed by atoms with van der Waals surface area (Å²) in [4.78, 5) is 4.04. The number of aliphatic hydroxyl groups is 1. The minimum atomic E-state index is -0.792. The first-order valence-electron chi connectivity index (χ1n) is 5.20. The molecule has 0 amide bonds. The zero-order valence-corrected chi connectivity index (χ0v) is 10.6. The normalized spacial score (nSPS) is 12.4. The van der Waals surface area contributed by atoms with Crippen molar-refractivity contribution in [3.05, 3.63) is 64.1 Å². The van der Waals surface area contributed by atoms with Crippen molar-refractivity contribution in [2.45, 2.75) is 12.5 Å². The number of benzene rings is 1. The fourth-order valence-corrected chi connectivity index (χ4v) is 1.99. The average Bonchev–Trinajstić information content (AvgIpc) is 2.35. The van der Waals surface area contributed by atoms with Gasteiger partial charge in [0.1, 0.15) is 11.9 Å². The molecule has 0 saturated heterocycles. The largest absolute Gasteiger partial charge is 0.386 e. The molecule has 17 heavy (non-hydrogen) atoms. The molecule has 1 unspecified atom stereocenters. The Balaban J connectivity index is 2.18. The SMILES string of the molecule is OC(Cc1cc(Br)ccc1F)c1ccccn1. The van der Waals surface area contributed by atoms with Gasteiger partial charge in [0.25, 0.3) is 0 Å². The highest BCUT2D eigenvalue weighted by atomic mass is 79.9. The van der Waals surface area contributed by atoms with Crippen LogP contribution in [0.4, 0.5) is 4.39 Å². The smallest absolute Gasteiger partial charge is 0.126 e. The van der Waals surface area contributed by atoms with E-state index in [1.165, 1.54) is 6.07 Å². The van der Waals surface area contributed by atoms with E-state index >= 15 is 0 Å². The first-order chi connectivity index (χ1) is 8.16. The highest BCUT2D eigenvalue weighted by Crippen LogP contribution is 2.21. The molecule has 0 aliphatic heterocycles. The summed E-state index contributed by atoms with van der Waals surface area (Å²) in [5.41, 5.74) is 1.02. The van der Waals surface area contributed by atoms with Gasteiger partial charge in [0.05, 0.1) is 5.69 Å². The van der Waals surface area contributed by atoms with Crippen molar-refractivity contribution in [2.24, 2.45) is 0 Å². The Morgan fingerprint density at radius 2 is 2.12 bits per heavy atom. The molecule has 0 aliphatic rings. The number of pyridine rings is 1. The zero-order valence-electron chi connectivity index (χ0n) is 8.98. The van der Waals surface area contributed by atoms with E-state index in [0.717, 1.165) is 4.47 Å². The van der Waals surface area contributed by atoms with Crippen LogP contribution in [0.2, 0.25) is 0 Å². The van der Waals surface area contributed by atoms with Crippen molar-refractivity contribution >= 4 is 15.9 Å². The van der Waals surface area contributed by atoms with Crippen molar-refractivity contribution < 1.29 is 9.50 Å². The van der Waals surface area contributed by atoms with E-state index in [4.69, 9.17) is 0 Å². The third-order valence-corrected chi connectivity index (χ3v) is 2.94. The lowest BCUT2D eigenvalue weighted by Gasteiger charge is -2.10. The number of halogens is 2. The third kappa shape index (κ3) is 3.11. The number of hydrogen-bond donors (Lipinski definition) is 1. The van der Waals surface area contributed by atoms with Gasteiger partial charge in [-0.15, -0.1) is 0 Å². The molecule has 0 fully saturated rings. The molecule has 0 radical (unpaired) electrons. The van der Waals surface area contributed by atoms with Gasteiger partial charge < -0.3 is 5.11 Å². The maximum atomic E-state index is 13.5. The fourth-order valence-electron chi connectivity index (χ4n) is 1.59. The molecule has 4 heteroatoms. The second-order valence-corrected chi connectivity index (χ2v) is 4.63. The highest BCUT2D eigenvalue weighted by molar-refractivity contribution is 9.10. The van der Waals surface area contributed by atoms with Gasteiger partial charge in [-0.25, -0.2) is 4.39 Å². The minimum Gasteiger partial charge on any atom is -0.386 e. The first-order valence-corrected chi connectivity index (χ1v) is 5.99. The van der Waals surface area contributed by atoms with E-state index in [0.29, 0.717) is 11.3 Å². The predicted octanol–water partition coefficient (Wildman–Crippen LogP) is 3.26. The van der Waals surface area contributed by atoms with Crippen molar-refractivity contribution in [1.82, 2.24) is 4.98 Å². The van der Waals surface area contributed by atoms with E-state index < -0.39 is 6.10 Å². The van der Waals surface area contributed by atoms with Gasteiger partial charge in [-0.3, -0.25) is 4.98 Å². The maximum absolute atomic E-state index is 13.5. The molecule has 2 nitrogen and oxygen atoms in total. The molecule has 0 saturated carbocycles. The lowest BCUT2D eigenvalue weighted by atomic mass is 10.0. The lowest BCUT2D eigenvalue weighted by molar-refractivity contribution is 0.172. The number of aromatic nitrogens is 1. The number of rotatable bonds is 3. The van der Waals surface area contributed by atoms with Gasteiger partial charge >= 0.3 is 0 Å². The van der Waals surface area contributed by atoms with Crippen LogP contribution in [0.5, 0.6) is 0 Å². The van der Waals surface area contributed by atoms with Crippen LogP contribution in [0.25, 0.3) is 0 Å². The van der Waals surface area contributed by atoms with Crippen LogP contribution in [0, 0.1) is 5.82 Å².